The number of para-hydroxylation sites is 2. The number of amides is 1. The zero-order chi connectivity index (χ0) is 16.9. The number of rotatable bonds is 5. The molecule has 0 aliphatic rings. The summed E-state index contributed by atoms with van der Waals surface area (Å²) in [6, 6.07) is 15.4. The minimum atomic E-state index is -0.409. The second-order valence-corrected chi connectivity index (χ2v) is 6.34. The van der Waals surface area contributed by atoms with Gasteiger partial charge in [-0.2, -0.15) is 0 Å². The number of carbonyl (C=O) groups is 1. The van der Waals surface area contributed by atoms with Crippen LogP contribution in [0.5, 0.6) is 5.75 Å². The molecule has 0 aliphatic heterocycles. The van der Waals surface area contributed by atoms with Gasteiger partial charge < -0.3 is 15.4 Å². The molecular formula is C19H24N2O2. The van der Waals surface area contributed by atoms with Crippen molar-refractivity contribution in [3.63, 3.8) is 0 Å². The average molecular weight is 312 g/mol. The molecule has 0 bridgehead atoms. The minimum absolute atomic E-state index is 0.0000920. The molecule has 0 fully saturated rings. The van der Waals surface area contributed by atoms with Gasteiger partial charge in [0.15, 0.2) is 0 Å². The van der Waals surface area contributed by atoms with E-state index in [4.69, 9.17) is 4.74 Å². The topological polar surface area (TPSA) is 50.4 Å². The summed E-state index contributed by atoms with van der Waals surface area (Å²) in [7, 11) is 0. The molecule has 2 N–H and O–H groups in total. The van der Waals surface area contributed by atoms with Crippen molar-refractivity contribution in [3.05, 3.63) is 48.5 Å². The lowest BCUT2D eigenvalue weighted by molar-refractivity contribution is -0.123. The molecule has 122 valence electrons. The maximum Gasteiger partial charge on any atom is 0.229 e. The molecular weight excluding hydrogens is 288 g/mol. The van der Waals surface area contributed by atoms with Crippen LogP contribution in [0.1, 0.15) is 27.7 Å². The van der Waals surface area contributed by atoms with E-state index in [0.29, 0.717) is 6.61 Å². The summed E-state index contributed by atoms with van der Waals surface area (Å²) in [5.74, 6) is 0.819. The summed E-state index contributed by atoms with van der Waals surface area (Å²) in [6.07, 6.45) is 0. The standard InChI is InChI=1S/C19H24N2O2/c1-5-23-17-9-7-6-8-16(17)20-14-10-12-15(13-11-14)21-18(22)19(2,3)4/h6-13,20H,5H2,1-4H3,(H,21,22). The van der Waals surface area contributed by atoms with Gasteiger partial charge in [0.25, 0.3) is 0 Å². The van der Waals surface area contributed by atoms with Crippen molar-refractivity contribution < 1.29 is 9.53 Å². The highest BCUT2D eigenvalue weighted by Gasteiger charge is 2.20. The molecule has 0 heterocycles. The van der Waals surface area contributed by atoms with Gasteiger partial charge in [-0.1, -0.05) is 32.9 Å². The van der Waals surface area contributed by atoms with Crippen molar-refractivity contribution in [2.75, 3.05) is 17.2 Å². The van der Waals surface area contributed by atoms with Gasteiger partial charge in [0.1, 0.15) is 5.75 Å². The van der Waals surface area contributed by atoms with E-state index in [0.717, 1.165) is 22.8 Å². The van der Waals surface area contributed by atoms with Crippen LogP contribution in [0.2, 0.25) is 0 Å². The molecule has 4 nitrogen and oxygen atoms in total. The van der Waals surface area contributed by atoms with Crippen LogP contribution in [-0.4, -0.2) is 12.5 Å². The van der Waals surface area contributed by atoms with E-state index in [2.05, 4.69) is 10.6 Å². The number of nitrogens with one attached hydrogen (secondary N) is 2. The van der Waals surface area contributed by atoms with Gasteiger partial charge in [-0.05, 0) is 43.3 Å². The molecule has 0 saturated heterocycles. The van der Waals surface area contributed by atoms with Gasteiger partial charge in [-0.15, -0.1) is 0 Å². The van der Waals surface area contributed by atoms with Crippen LogP contribution < -0.4 is 15.4 Å². The molecule has 1 amide bonds. The lowest BCUT2D eigenvalue weighted by atomic mass is 9.95. The van der Waals surface area contributed by atoms with E-state index in [-0.39, 0.29) is 5.91 Å². The summed E-state index contributed by atoms with van der Waals surface area (Å²) < 4.78 is 5.60. The maximum atomic E-state index is 12.0. The lowest BCUT2D eigenvalue weighted by Crippen LogP contribution is -2.27. The number of benzene rings is 2. The Morgan fingerprint density at radius 3 is 2.22 bits per heavy atom. The van der Waals surface area contributed by atoms with Crippen molar-refractivity contribution >= 4 is 23.0 Å². The quantitative estimate of drug-likeness (QED) is 0.832. The van der Waals surface area contributed by atoms with Crippen molar-refractivity contribution in [3.8, 4) is 5.75 Å². The monoisotopic (exact) mass is 312 g/mol. The molecule has 0 radical (unpaired) electrons. The highest BCUT2D eigenvalue weighted by Crippen LogP contribution is 2.28. The van der Waals surface area contributed by atoms with E-state index < -0.39 is 5.41 Å². The van der Waals surface area contributed by atoms with Crippen LogP contribution in [0.3, 0.4) is 0 Å². The number of ether oxygens (including phenoxy) is 1. The Hall–Kier alpha value is -2.49. The molecule has 0 spiro atoms. The fraction of sp³-hybridized carbons (Fsp3) is 0.316. The molecule has 23 heavy (non-hydrogen) atoms. The summed E-state index contributed by atoms with van der Waals surface area (Å²) in [6.45, 7) is 8.26. The smallest absolute Gasteiger partial charge is 0.229 e. The van der Waals surface area contributed by atoms with Gasteiger partial charge in [0, 0.05) is 16.8 Å². The Bertz CT molecular complexity index is 658. The van der Waals surface area contributed by atoms with Crippen LogP contribution in [0.4, 0.5) is 17.1 Å². The van der Waals surface area contributed by atoms with Crippen molar-refractivity contribution in [2.45, 2.75) is 27.7 Å². The van der Waals surface area contributed by atoms with E-state index >= 15 is 0 Å². The van der Waals surface area contributed by atoms with Crippen molar-refractivity contribution in [2.24, 2.45) is 5.41 Å². The van der Waals surface area contributed by atoms with Gasteiger partial charge in [-0.3, -0.25) is 4.79 Å². The normalized spacial score (nSPS) is 11.0. The first-order valence-corrected chi connectivity index (χ1v) is 7.80. The van der Waals surface area contributed by atoms with E-state index in [1.54, 1.807) is 0 Å². The molecule has 0 atom stereocenters. The predicted octanol–water partition coefficient (Wildman–Crippen LogP) is 4.81. The Labute approximate surface area is 137 Å². The SMILES string of the molecule is CCOc1ccccc1Nc1ccc(NC(=O)C(C)(C)C)cc1. The maximum absolute atomic E-state index is 12.0. The third-order valence-corrected chi connectivity index (χ3v) is 3.29. The van der Waals surface area contributed by atoms with E-state index in [1.165, 1.54) is 0 Å². The number of hydrogen-bond acceptors (Lipinski definition) is 3. The van der Waals surface area contributed by atoms with E-state index in [9.17, 15) is 4.79 Å². The minimum Gasteiger partial charge on any atom is -0.492 e. The van der Waals surface area contributed by atoms with Crippen LogP contribution in [-0.2, 0) is 4.79 Å². The molecule has 0 aliphatic carbocycles. The van der Waals surface area contributed by atoms with Crippen LogP contribution in [0.25, 0.3) is 0 Å². The summed E-state index contributed by atoms with van der Waals surface area (Å²) in [5, 5.41) is 6.24. The summed E-state index contributed by atoms with van der Waals surface area (Å²) in [5.41, 5.74) is 2.23. The molecule has 2 aromatic carbocycles. The average Bonchev–Trinajstić information content (AvgIpc) is 2.50. The first-order valence-electron chi connectivity index (χ1n) is 7.80. The molecule has 2 aromatic rings. The van der Waals surface area contributed by atoms with Gasteiger partial charge in [-0.25, -0.2) is 0 Å². The molecule has 0 unspecified atom stereocenters. The first-order chi connectivity index (χ1) is 10.9. The lowest BCUT2D eigenvalue weighted by Gasteiger charge is -2.18. The fourth-order valence-electron chi connectivity index (χ4n) is 1.96. The number of anilines is 3. The molecule has 4 heteroatoms. The summed E-state index contributed by atoms with van der Waals surface area (Å²) >= 11 is 0. The molecule has 0 aromatic heterocycles. The second kappa shape index (κ2) is 7.18. The highest BCUT2D eigenvalue weighted by atomic mass is 16.5. The molecule has 2 rings (SSSR count). The van der Waals surface area contributed by atoms with Crippen molar-refractivity contribution in [1.82, 2.24) is 0 Å². The predicted molar refractivity (Wildman–Crippen MR) is 95.4 cm³/mol. The van der Waals surface area contributed by atoms with Crippen LogP contribution >= 0.6 is 0 Å². The molecule has 0 saturated carbocycles. The Morgan fingerprint density at radius 1 is 1.00 bits per heavy atom. The third kappa shape index (κ3) is 4.74. The Balaban J connectivity index is 2.07. The number of carbonyl (C=O) groups excluding carboxylic acids is 1. The van der Waals surface area contributed by atoms with Gasteiger partial charge >= 0.3 is 0 Å². The van der Waals surface area contributed by atoms with Crippen LogP contribution in [0, 0.1) is 5.41 Å². The second-order valence-electron chi connectivity index (χ2n) is 6.34. The van der Waals surface area contributed by atoms with Crippen molar-refractivity contribution in [1.29, 1.82) is 0 Å². The largest absolute Gasteiger partial charge is 0.492 e. The highest BCUT2D eigenvalue weighted by molar-refractivity contribution is 5.94. The summed E-state index contributed by atoms with van der Waals surface area (Å²) in [4.78, 5) is 12.0. The zero-order valence-corrected chi connectivity index (χ0v) is 14.1. The Morgan fingerprint density at radius 2 is 1.61 bits per heavy atom. The van der Waals surface area contributed by atoms with Crippen LogP contribution in [0.15, 0.2) is 48.5 Å². The third-order valence-electron chi connectivity index (χ3n) is 3.29. The van der Waals surface area contributed by atoms with Gasteiger partial charge in [0.05, 0.1) is 12.3 Å². The first kappa shape index (κ1) is 16.9. The number of hydrogen-bond donors (Lipinski definition) is 2. The van der Waals surface area contributed by atoms with Gasteiger partial charge in [0.2, 0.25) is 5.91 Å². The Kier molecular flexibility index (Phi) is 5.27. The fourth-order valence-corrected chi connectivity index (χ4v) is 1.96. The zero-order valence-electron chi connectivity index (χ0n) is 14.1. The van der Waals surface area contributed by atoms with E-state index in [1.807, 2.05) is 76.2 Å².